The van der Waals surface area contributed by atoms with Crippen molar-refractivity contribution in [1.82, 2.24) is 24.8 Å². The molecule has 2 aromatic heterocycles. The molecule has 0 radical (unpaired) electrons. The lowest BCUT2D eigenvalue weighted by Gasteiger charge is -2.32. The van der Waals surface area contributed by atoms with Crippen LogP contribution in [0.25, 0.3) is 16.9 Å². The Labute approximate surface area is 221 Å². The van der Waals surface area contributed by atoms with Crippen LogP contribution in [0.3, 0.4) is 0 Å². The molecule has 1 aliphatic heterocycles. The van der Waals surface area contributed by atoms with Gasteiger partial charge >= 0.3 is 0 Å². The van der Waals surface area contributed by atoms with E-state index in [0.717, 1.165) is 25.7 Å². The monoisotopic (exact) mass is 531 g/mol. The van der Waals surface area contributed by atoms with Crippen LogP contribution in [0.5, 0.6) is 0 Å². The van der Waals surface area contributed by atoms with E-state index in [1.165, 1.54) is 4.57 Å². The topological polar surface area (TPSA) is 80.1 Å². The van der Waals surface area contributed by atoms with Gasteiger partial charge in [0, 0.05) is 37.8 Å². The first kappa shape index (κ1) is 26.7. The third-order valence-electron chi connectivity index (χ3n) is 7.63. The summed E-state index contributed by atoms with van der Waals surface area (Å²) < 4.78 is 48.6. The van der Waals surface area contributed by atoms with Gasteiger partial charge in [-0.2, -0.15) is 9.97 Å². The number of anilines is 2. The maximum absolute atomic E-state index is 14.1. The molecule has 2 N–H and O–H groups in total. The highest BCUT2D eigenvalue weighted by Crippen LogP contribution is 2.30. The molecular weight excluding hydrogens is 495 g/mol. The van der Waals surface area contributed by atoms with Crippen LogP contribution in [0.2, 0.25) is 0 Å². The van der Waals surface area contributed by atoms with E-state index in [2.05, 4.69) is 25.5 Å². The van der Waals surface area contributed by atoms with Gasteiger partial charge in [0.05, 0.1) is 24.2 Å². The minimum absolute atomic E-state index is 0.151. The molecule has 1 saturated heterocycles. The number of hydrogen-bond donors (Lipinski definition) is 2. The lowest BCUT2D eigenvalue weighted by atomic mass is 9.85. The second-order valence-electron chi connectivity index (χ2n) is 10.3. The van der Waals surface area contributed by atoms with E-state index >= 15 is 0 Å². The van der Waals surface area contributed by atoms with Gasteiger partial charge in [0.15, 0.2) is 5.82 Å². The van der Waals surface area contributed by atoms with E-state index in [4.69, 9.17) is 9.72 Å². The summed E-state index contributed by atoms with van der Waals surface area (Å²) in [7, 11) is 0. The van der Waals surface area contributed by atoms with Crippen molar-refractivity contribution in [3.63, 3.8) is 0 Å². The standard InChI is InChI=1S/C27H36F3N7O/c1-17(28)18(2)32-20-9-7-19(8-10-20)16-31-27-34-23(36-11-13-38-14-12-36)15-24(35-27)37-22-6-4-3-5-21(22)33-26(37)25(29)30/h3-6,15,17-20,25,32H,7-14,16H2,1-2H3,(H,31,34,35). The van der Waals surface area contributed by atoms with Crippen LogP contribution in [0.15, 0.2) is 30.3 Å². The molecule has 1 aromatic carbocycles. The Morgan fingerprint density at radius 1 is 0.974 bits per heavy atom. The largest absolute Gasteiger partial charge is 0.378 e. The maximum Gasteiger partial charge on any atom is 0.296 e. The third-order valence-corrected chi connectivity index (χ3v) is 7.63. The Morgan fingerprint density at radius 2 is 1.68 bits per heavy atom. The van der Waals surface area contributed by atoms with Crippen LogP contribution >= 0.6 is 0 Å². The number of hydrogen-bond acceptors (Lipinski definition) is 7. The highest BCUT2D eigenvalue weighted by Gasteiger charge is 2.25. The van der Waals surface area contributed by atoms with Gasteiger partial charge < -0.3 is 20.3 Å². The number of benzene rings is 1. The molecular formula is C27H36F3N7O. The van der Waals surface area contributed by atoms with E-state index in [-0.39, 0.29) is 11.9 Å². The number of imidazole rings is 1. The lowest BCUT2D eigenvalue weighted by Crippen LogP contribution is -2.43. The van der Waals surface area contributed by atoms with Crippen molar-refractivity contribution in [2.45, 2.75) is 64.2 Å². The lowest BCUT2D eigenvalue weighted by molar-refractivity contribution is 0.122. The molecule has 206 valence electrons. The smallest absolute Gasteiger partial charge is 0.296 e. The molecule has 2 fully saturated rings. The van der Waals surface area contributed by atoms with Crippen molar-refractivity contribution in [2.75, 3.05) is 43.1 Å². The number of fused-ring (bicyclic) bond motifs is 1. The fraction of sp³-hybridized carbons (Fsp3) is 0.593. The Bertz CT molecular complexity index is 1210. The first-order chi connectivity index (χ1) is 18.4. The Kier molecular flexibility index (Phi) is 8.32. The SMILES string of the molecule is CC(F)C(C)NC1CCC(CNc2nc(N3CCOCC3)cc(-n3c(C(F)F)nc4ccccc43)n2)CC1. The highest BCUT2D eigenvalue weighted by atomic mass is 19.3. The molecule has 0 amide bonds. The normalized spacial score (nSPS) is 22.1. The summed E-state index contributed by atoms with van der Waals surface area (Å²) in [6.45, 7) is 6.64. The molecule has 3 heterocycles. The van der Waals surface area contributed by atoms with Crippen LogP contribution in [0.4, 0.5) is 24.9 Å². The van der Waals surface area contributed by atoms with Gasteiger partial charge in [-0.1, -0.05) is 12.1 Å². The van der Waals surface area contributed by atoms with Crippen molar-refractivity contribution in [3.05, 3.63) is 36.2 Å². The first-order valence-corrected chi connectivity index (χ1v) is 13.5. The summed E-state index contributed by atoms with van der Waals surface area (Å²) in [5.41, 5.74) is 1.06. The summed E-state index contributed by atoms with van der Waals surface area (Å²) in [5.74, 6) is 1.51. The van der Waals surface area contributed by atoms with Crippen LogP contribution in [0, 0.1) is 5.92 Å². The zero-order valence-corrected chi connectivity index (χ0v) is 21.9. The van der Waals surface area contributed by atoms with Gasteiger partial charge in [0.1, 0.15) is 17.8 Å². The van der Waals surface area contributed by atoms with Crippen LogP contribution < -0.4 is 15.5 Å². The number of alkyl halides is 3. The number of nitrogens with one attached hydrogen (secondary N) is 2. The molecule has 2 unspecified atom stereocenters. The summed E-state index contributed by atoms with van der Waals surface area (Å²) in [4.78, 5) is 15.7. The molecule has 0 bridgehead atoms. The van der Waals surface area contributed by atoms with Crippen molar-refractivity contribution in [2.24, 2.45) is 5.92 Å². The zero-order chi connectivity index (χ0) is 26.6. The molecule has 8 nitrogen and oxygen atoms in total. The van der Waals surface area contributed by atoms with Crippen molar-refractivity contribution in [1.29, 1.82) is 0 Å². The van der Waals surface area contributed by atoms with Gasteiger partial charge in [-0.05, 0) is 57.6 Å². The van der Waals surface area contributed by atoms with Gasteiger partial charge in [-0.3, -0.25) is 4.57 Å². The Hall–Kier alpha value is -2.92. The third kappa shape index (κ3) is 6.04. The first-order valence-electron chi connectivity index (χ1n) is 13.5. The second-order valence-corrected chi connectivity index (χ2v) is 10.3. The minimum atomic E-state index is -2.76. The van der Waals surface area contributed by atoms with Crippen molar-refractivity contribution < 1.29 is 17.9 Å². The molecule has 2 aliphatic rings. The Balaban J connectivity index is 1.37. The van der Waals surface area contributed by atoms with E-state index in [0.29, 0.717) is 73.4 Å². The molecule has 38 heavy (non-hydrogen) atoms. The fourth-order valence-electron chi connectivity index (χ4n) is 5.28. The second kappa shape index (κ2) is 11.9. The molecule has 3 aromatic rings. The fourth-order valence-corrected chi connectivity index (χ4v) is 5.28. The molecule has 11 heteroatoms. The highest BCUT2D eigenvalue weighted by molar-refractivity contribution is 5.78. The van der Waals surface area contributed by atoms with Gasteiger partial charge in [-0.15, -0.1) is 0 Å². The number of rotatable bonds is 9. The van der Waals surface area contributed by atoms with Crippen molar-refractivity contribution >= 4 is 22.8 Å². The van der Waals surface area contributed by atoms with Gasteiger partial charge in [0.2, 0.25) is 5.95 Å². The summed E-state index contributed by atoms with van der Waals surface area (Å²) in [5, 5.41) is 6.79. The predicted octanol–water partition coefficient (Wildman–Crippen LogP) is 4.90. The number of ether oxygens (including phenoxy) is 1. The number of aromatic nitrogens is 4. The Morgan fingerprint density at radius 3 is 2.39 bits per heavy atom. The summed E-state index contributed by atoms with van der Waals surface area (Å²) in [6, 6.07) is 9.01. The number of para-hydroxylation sites is 2. The maximum atomic E-state index is 14.1. The predicted molar refractivity (Wildman–Crippen MR) is 142 cm³/mol. The minimum Gasteiger partial charge on any atom is -0.378 e. The molecule has 1 saturated carbocycles. The average molecular weight is 532 g/mol. The summed E-state index contributed by atoms with van der Waals surface area (Å²) >= 11 is 0. The van der Waals surface area contributed by atoms with E-state index in [1.54, 1.807) is 37.3 Å². The van der Waals surface area contributed by atoms with Crippen molar-refractivity contribution in [3.8, 4) is 5.82 Å². The van der Waals surface area contributed by atoms with Crippen LogP contribution in [-0.4, -0.2) is 70.6 Å². The number of nitrogens with zero attached hydrogens (tertiary/aromatic N) is 5. The van der Waals surface area contributed by atoms with E-state index in [9.17, 15) is 13.2 Å². The van der Waals surface area contributed by atoms with Crippen LogP contribution in [0.1, 0.15) is 51.8 Å². The summed E-state index contributed by atoms with van der Waals surface area (Å²) in [6.07, 6.45) is 0.362. The quantitative estimate of drug-likeness (QED) is 0.407. The van der Waals surface area contributed by atoms with E-state index < -0.39 is 12.6 Å². The molecule has 0 spiro atoms. The van der Waals surface area contributed by atoms with Crippen LogP contribution in [-0.2, 0) is 4.74 Å². The molecule has 1 aliphatic carbocycles. The van der Waals surface area contributed by atoms with E-state index in [1.807, 2.05) is 6.92 Å². The zero-order valence-electron chi connectivity index (χ0n) is 21.9. The molecule has 2 atom stereocenters. The number of morpholine rings is 1. The molecule has 5 rings (SSSR count). The van der Waals surface area contributed by atoms with Gasteiger partial charge in [-0.25, -0.2) is 18.2 Å². The number of halogens is 3. The van der Waals surface area contributed by atoms with Gasteiger partial charge in [0.25, 0.3) is 6.43 Å². The average Bonchev–Trinajstić information content (AvgIpc) is 3.33.